The molecule has 2 aliphatic heterocycles. The number of phenols is 13. The van der Waals surface area contributed by atoms with Crippen LogP contribution in [0.15, 0.2) is 54.6 Å². The number of fused-ring (bicyclic) bond motifs is 2. The van der Waals surface area contributed by atoms with Crippen molar-refractivity contribution >= 4 is 5.97 Å². The molecule has 0 radical (unpaired) electrons. The number of carbonyl (C=O) groups excluding carboxylic acids is 1. The van der Waals surface area contributed by atoms with Gasteiger partial charge in [-0.25, -0.2) is 4.79 Å². The van der Waals surface area contributed by atoms with Crippen LogP contribution in [0.3, 0.4) is 0 Å². The maximum absolute atomic E-state index is 13.9. The predicted octanol–water partition coefficient (Wildman–Crippen LogP) is 3.39. The van der Waals surface area contributed by atoms with E-state index in [1.165, 1.54) is 0 Å². The summed E-state index contributed by atoms with van der Waals surface area (Å²) in [6, 6.07) is 8.03. The molecule has 5 aromatic carbocycles. The molecule has 0 aliphatic carbocycles. The Balaban J connectivity index is 1.49. The van der Waals surface area contributed by atoms with Gasteiger partial charge < -0.3 is 85.7 Å². The first-order valence-electron chi connectivity index (χ1n) is 16.1. The largest absolute Gasteiger partial charge is 0.508 e. The molecule has 2 heterocycles. The summed E-state index contributed by atoms with van der Waals surface area (Å²) in [4.78, 5) is 13.9. The number of esters is 1. The SMILES string of the molecule is O=C(O[C@@H]1[C@@H](c2c(O)cc(O)c3c2O[C@@H](c2cc(O)c(O)c(O)c2)[C@@H](O)C3)c2c(O)cc(O)cc2O[C@@H]1c1cc(O)c(O)c(O)c1)c1cc(O)c(O)c(O)c1. The van der Waals surface area contributed by atoms with Crippen LogP contribution in [0.25, 0.3) is 0 Å². The smallest absolute Gasteiger partial charge is 0.338 e. The van der Waals surface area contributed by atoms with Crippen molar-refractivity contribution in [3.63, 3.8) is 0 Å². The van der Waals surface area contributed by atoms with E-state index in [0.29, 0.717) is 0 Å². The average Bonchev–Trinajstić information content (AvgIpc) is 3.11. The Labute approximate surface area is 307 Å². The van der Waals surface area contributed by atoms with Crippen molar-refractivity contribution in [2.75, 3.05) is 0 Å². The quantitative estimate of drug-likeness (QED) is 0.0901. The van der Waals surface area contributed by atoms with E-state index < -0.39 is 123 Å². The maximum atomic E-state index is 13.9. The Morgan fingerprint density at radius 1 is 0.545 bits per heavy atom. The Hall–Kier alpha value is -7.47. The number of ether oxygens (including phenoxy) is 3. The molecule has 0 bridgehead atoms. The van der Waals surface area contributed by atoms with Gasteiger partial charge in [0.05, 0.1) is 17.6 Å². The molecule has 2 aliphatic rings. The molecule has 0 saturated heterocycles. The molecule has 5 aromatic rings. The molecule has 18 heteroatoms. The second-order valence-corrected chi connectivity index (χ2v) is 12.9. The first-order chi connectivity index (χ1) is 25.9. The summed E-state index contributed by atoms with van der Waals surface area (Å²) in [7, 11) is 0. The molecule has 0 unspecified atom stereocenters. The molecule has 5 atom stereocenters. The first kappa shape index (κ1) is 35.9. The molecule has 0 amide bonds. The number of carbonyl (C=O) groups is 1. The molecule has 286 valence electrons. The van der Waals surface area contributed by atoms with Crippen molar-refractivity contribution in [2.24, 2.45) is 0 Å². The lowest BCUT2D eigenvalue weighted by atomic mass is 9.77. The molecule has 0 spiro atoms. The van der Waals surface area contributed by atoms with Gasteiger partial charge in [0, 0.05) is 52.4 Å². The Morgan fingerprint density at radius 2 is 1.04 bits per heavy atom. The number of aromatic hydroxyl groups is 13. The molecule has 14 N–H and O–H groups in total. The fourth-order valence-corrected chi connectivity index (χ4v) is 6.87. The van der Waals surface area contributed by atoms with Crippen LogP contribution in [0.1, 0.15) is 56.3 Å². The van der Waals surface area contributed by atoms with E-state index >= 15 is 0 Å². The fraction of sp³-hybridized carbons (Fsp3) is 0.162. The van der Waals surface area contributed by atoms with Gasteiger partial charge in [0.15, 0.2) is 70.1 Å². The van der Waals surface area contributed by atoms with Gasteiger partial charge in [0.25, 0.3) is 0 Å². The van der Waals surface area contributed by atoms with Crippen LogP contribution in [-0.4, -0.2) is 89.7 Å². The topological polar surface area (TPSA) is 328 Å². The van der Waals surface area contributed by atoms with Crippen LogP contribution in [0.5, 0.6) is 86.2 Å². The van der Waals surface area contributed by atoms with E-state index in [1.807, 2.05) is 0 Å². The number of aliphatic hydroxyl groups excluding tert-OH is 1. The van der Waals surface area contributed by atoms with Gasteiger partial charge in [-0.15, -0.1) is 0 Å². The van der Waals surface area contributed by atoms with Crippen LogP contribution < -0.4 is 9.47 Å². The van der Waals surface area contributed by atoms with Crippen LogP contribution in [0.4, 0.5) is 0 Å². The number of phenolic OH excluding ortho intramolecular Hbond substituents is 13. The van der Waals surface area contributed by atoms with Crippen molar-refractivity contribution in [1.29, 1.82) is 0 Å². The lowest BCUT2D eigenvalue weighted by Gasteiger charge is -2.41. The van der Waals surface area contributed by atoms with E-state index in [9.17, 15) is 76.3 Å². The highest BCUT2D eigenvalue weighted by atomic mass is 16.6. The Morgan fingerprint density at radius 3 is 1.58 bits per heavy atom. The minimum atomic E-state index is -1.88. The van der Waals surface area contributed by atoms with E-state index in [-0.39, 0.29) is 39.3 Å². The minimum Gasteiger partial charge on any atom is -0.508 e. The summed E-state index contributed by atoms with van der Waals surface area (Å²) >= 11 is 0. The van der Waals surface area contributed by atoms with Crippen molar-refractivity contribution in [1.82, 2.24) is 0 Å². The minimum absolute atomic E-state index is 0.0947. The van der Waals surface area contributed by atoms with Gasteiger partial charge in [-0.1, -0.05) is 0 Å². The zero-order chi connectivity index (χ0) is 39.8. The van der Waals surface area contributed by atoms with E-state index in [1.54, 1.807) is 0 Å². The summed E-state index contributed by atoms with van der Waals surface area (Å²) in [5, 5.41) is 147. The summed E-state index contributed by atoms with van der Waals surface area (Å²) in [5.74, 6) is -14.3. The third kappa shape index (κ3) is 5.95. The number of aliphatic hydroxyl groups is 1. The van der Waals surface area contributed by atoms with E-state index in [4.69, 9.17) is 14.2 Å². The van der Waals surface area contributed by atoms with Gasteiger partial charge in [-0.05, 0) is 36.4 Å². The third-order valence-corrected chi connectivity index (χ3v) is 9.38. The Kier molecular flexibility index (Phi) is 8.41. The van der Waals surface area contributed by atoms with Gasteiger partial charge in [-0.2, -0.15) is 0 Å². The third-order valence-electron chi connectivity index (χ3n) is 9.38. The van der Waals surface area contributed by atoms with Gasteiger partial charge >= 0.3 is 5.97 Å². The summed E-state index contributed by atoms with van der Waals surface area (Å²) in [6.45, 7) is 0. The average molecular weight is 763 g/mol. The highest BCUT2D eigenvalue weighted by Crippen LogP contribution is 2.58. The van der Waals surface area contributed by atoms with Crippen molar-refractivity contribution in [2.45, 2.75) is 36.8 Å². The van der Waals surface area contributed by atoms with Crippen LogP contribution in [0.2, 0.25) is 0 Å². The van der Waals surface area contributed by atoms with Gasteiger partial charge in [-0.3, -0.25) is 0 Å². The Bertz CT molecular complexity index is 2340. The standard InChI is InChI=1S/C37H30O18/c38-14-7-17(40)27-26(8-14)53-34(12-3-21(44)31(50)22(45)4-12)36(55-37(52)13-5-23(46)32(51)24(47)6-13)29(27)28-18(41)10-16(39)15-9-25(48)33(54-35(15)28)11-1-19(42)30(49)20(43)2-11/h1-8,10,25,29,33-34,36,38-51H,9H2/t25-,29+,33-,34+,36+/m0/s1. The van der Waals surface area contributed by atoms with E-state index in [2.05, 4.69) is 0 Å². The lowest BCUT2D eigenvalue weighted by Crippen LogP contribution is -2.39. The zero-order valence-corrected chi connectivity index (χ0v) is 27.7. The molecular formula is C37H30O18. The second-order valence-electron chi connectivity index (χ2n) is 12.9. The normalized spacial score (nSPS) is 20.1. The first-order valence-corrected chi connectivity index (χ1v) is 16.1. The molecule has 0 saturated carbocycles. The second kappa shape index (κ2) is 12.9. The summed E-state index contributed by atoms with van der Waals surface area (Å²) in [6.07, 6.45) is -7.01. The highest BCUT2D eigenvalue weighted by molar-refractivity contribution is 5.91. The predicted molar refractivity (Wildman–Crippen MR) is 181 cm³/mol. The molecule has 7 rings (SSSR count). The van der Waals surface area contributed by atoms with Crippen molar-refractivity contribution in [3.05, 3.63) is 88.0 Å². The van der Waals surface area contributed by atoms with Gasteiger partial charge in [0.1, 0.15) is 34.5 Å². The molecule has 18 nitrogen and oxygen atoms in total. The van der Waals surface area contributed by atoms with Crippen molar-refractivity contribution in [3.8, 4) is 86.2 Å². The molecular weight excluding hydrogens is 732 g/mol. The number of hydrogen-bond donors (Lipinski definition) is 14. The van der Waals surface area contributed by atoms with E-state index in [0.717, 1.165) is 54.6 Å². The number of benzene rings is 5. The maximum Gasteiger partial charge on any atom is 0.338 e. The fourth-order valence-electron chi connectivity index (χ4n) is 6.87. The van der Waals surface area contributed by atoms with Gasteiger partial charge in [0.2, 0.25) is 0 Å². The lowest BCUT2D eigenvalue weighted by molar-refractivity contribution is -0.0286. The highest BCUT2D eigenvalue weighted by Gasteiger charge is 2.49. The number of rotatable bonds is 5. The molecule has 55 heavy (non-hydrogen) atoms. The van der Waals surface area contributed by atoms with Crippen LogP contribution in [0, 0.1) is 0 Å². The summed E-state index contributed by atoms with van der Waals surface area (Å²) in [5.41, 5.74) is -1.64. The molecule has 0 aromatic heterocycles. The number of hydrogen-bond acceptors (Lipinski definition) is 18. The zero-order valence-electron chi connectivity index (χ0n) is 27.7. The summed E-state index contributed by atoms with van der Waals surface area (Å²) < 4.78 is 18.2. The monoisotopic (exact) mass is 762 g/mol. The van der Waals surface area contributed by atoms with Crippen molar-refractivity contribution < 1.29 is 90.5 Å². The van der Waals surface area contributed by atoms with Crippen LogP contribution in [-0.2, 0) is 11.2 Å². The molecule has 0 fully saturated rings. The van der Waals surface area contributed by atoms with Crippen LogP contribution >= 0.6 is 0 Å².